The Labute approximate surface area is 109 Å². The van der Waals surface area contributed by atoms with Crippen LogP contribution in [0.2, 0.25) is 0 Å². The van der Waals surface area contributed by atoms with Crippen molar-refractivity contribution in [1.29, 1.82) is 0 Å². The summed E-state index contributed by atoms with van der Waals surface area (Å²) < 4.78 is 5.06. The Hall–Kier alpha value is -1.15. The van der Waals surface area contributed by atoms with Gasteiger partial charge < -0.3 is 4.74 Å². The lowest BCUT2D eigenvalue weighted by molar-refractivity contribution is -0.126. The van der Waals surface area contributed by atoms with E-state index < -0.39 is 0 Å². The molecule has 0 N–H and O–H groups in total. The fourth-order valence-corrected chi connectivity index (χ4v) is 3.08. The van der Waals surface area contributed by atoms with E-state index in [4.69, 9.17) is 4.74 Å². The molecule has 1 fully saturated rings. The molecule has 1 saturated carbocycles. The van der Waals surface area contributed by atoms with Crippen LogP contribution in [-0.4, -0.2) is 19.5 Å². The Balaban J connectivity index is 2.25. The zero-order valence-electron chi connectivity index (χ0n) is 11.2. The lowest BCUT2D eigenvalue weighted by Crippen LogP contribution is -2.38. The summed E-state index contributed by atoms with van der Waals surface area (Å²) in [7, 11) is 1.66. The maximum atomic E-state index is 12.6. The van der Waals surface area contributed by atoms with E-state index >= 15 is 0 Å². The van der Waals surface area contributed by atoms with E-state index in [2.05, 4.69) is 12.1 Å². The average Bonchev–Trinajstić information content (AvgIpc) is 2.46. The first-order valence-corrected chi connectivity index (χ1v) is 6.87. The van der Waals surface area contributed by atoms with Crippen molar-refractivity contribution in [1.82, 2.24) is 0 Å². The van der Waals surface area contributed by atoms with Crippen LogP contribution >= 0.6 is 0 Å². The Kier molecular flexibility index (Phi) is 4.54. The number of benzene rings is 1. The minimum absolute atomic E-state index is 0.238. The third-order valence-corrected chi connectivity index (χ3v) is 4.10. The molecule has 0 spiro atoms. The van der Waals surface area contributed by atoms with Crippen LogP contribution in [0.4, 0.5) is 0 Å². The maximum absolute atomic E-state index is 12.6. The van der Waals surface area contributed by atoms with Crippen LogP contribution in [0.3, 0.4) is 0 Å². The predicted molar refractivity (Wildman–Crippen MR) is 72.7 cm³/mol. The quantitative estimate of drug-likeness (QED) is 0.795. The van der Waals surface area contributed by atoms with Gasteiger partial charge in [0.25, 0.3) is 0 Å². The van der Waals surface area contributed by atoms with Crippen LogP contribution in [0.15, 0.2) is 30.3 Å². The molecular formula is C16H22O2. The molecule has 0 unspecified atom stereocenters. The zero-order valence-corrected chi connectivity index (χ0v) is 11.2. The number of hydrogen-bond donors (Lipinski definition) is 0. The summed E-state index contributed by atoms with van der Waals surface area (Å²) in [5.74, 6) is 0.357. The second-order valence-electron chi connectivity index (χ2n) is 5.17. The van der Waals surface area contributed by atoms with Crippen LogP contribution in [0.1, 0.15) is 44.1 Å². The molecule has 0 aliphatic heterocycles. The van der Waals surface area contributed by atoms with Gasteiger partial charge in [-0.1, -0.05) is 49.6 Å². The molecule has 1 aliphatic carbocycles. The SMILES string of the molecule is COCCC(=O)C1(c2ccccc2)CCCCC1. The summed E-state index contributed by atoms with van der Waals surface area (Å²) in [6, 6.07) is 10.3. The number of ketones is 1. The minimum Gasteiger partial charge on any atom is -0.384 e. The number of ether oxygens (including phenoxy) is 1. The minimum atomic E-state index is -0.238. The van der Waals surface area contributed by atoms with E-state index in [0.717, 1.165) is 25.7 Å². The smallest absolute Gasteiger partial charge is 0.145 e. The molecule has 0 saturated heterocycles. The highest BCUT2D eigenvalue weighted by atomic mass is 16.5. The molecular weight excluding hydrogens is 224 g/mol. The van der Waals surface area contributed by atoms with Crippen LogP contribution < -0.4 is 0 Å². The van der Waals surface area contributed by atoms with Crippen molar-refractivity contribution in [2.45, 2.75) is 43.9 Å². The molecule has 2 rings (SSSR count). The fourth-order valence-electron chi connectivity index (χ4n) is 3.08. The summed E-state index contributed by atoms with van der Waals surface area (Å²) in [6.07, 6.45) is 6.11. The van der Waals surface area contributed by atoms with Crippen LogP contribution in [0, 0.1) is 0 Å². The van der Waals surface area contributed by atoms with Gasteiger partial charge in [0.15, 0.2) is 0 Å². The van der Waals surface area contributed by atoms with Crippen molar-refractivity contribution < 1.29 is 9.53 Å². The highest BCUT2D eigenvalue weighted by Gasteiger charge is 2.39. The van der Waals surface area contributed by atoms with Gasteiger partial charge in [0.1, 0.15) is 5.78 Å². The van der Waals surface area contributed by atoms with Gasteiger partial charge in [-0.2, -0.15) is 0 Å². The molecule has 2 nitrogen and oxygen atoms in total. The number of methoxy groups -OCH3 is 1. The first-order chi connectivity index (χ1) is 8.79. The Bertz CT molecular complexity index is 377. The van der Waals surface area contributed by atoms with Crippen molar-refractivity contribution >= 4 is 5.78 Å². The van der Waals surface area contributed by atoms with Gasteiger partial charge in [0.2, 0.25) is 0 Å². The second kappa shape index (κ2) is 6.14. The topological polar surface area (TPSA) is 26.3 Å². The molecule has 1 aliphatic rings. The van der Waals surface area contributed by atoms with Gasteiger partial charge in [-0.15, -0.1) is 0 Å². The van der Waals surface area contributed by atoms with E-state index in [0.29, 0.717) is 18.8 Å². The number of rotatable bonds is 5. The molecule has 1 aromatic carbocycles. The monoisotopic (exact) mass is 246 g/mol. The molecule has 2 heteroatoms. The molecule has 1 aromatic rings. The van der Waals surface area contributed by atoms with Crippen LogP contribution in [-0.2, 0) is 14.9 Å². The van der Waals surface area contributed by atoms with Gasteiger partial charge in [0.05, 0.1) is 12.0 Å². The van der Waals surface area contributed by atoms with Crippen molar-refractivity contribution in [3.05, 3.63) is 35.9 Å². The van der Waals surface area contributed by atoms with E-state index in [1.165, 1.54) is 12.0 Å². The third kappa shape index (κ3) is 2.64. The van der Waals surface area contributed by atoms with Crippen molar-refractivity contribution in [2.24, 2.45) is 0 Å². The van der Waals surface area contributed by atoms with Gasteiger partial charge >= 0.3 is 0 Å². The molecule has 0 amide bonds. The first-order valence-electron chi connectivity index (χ1n) is 6.87. The van der Waals surface area contributed by atoms with Crippen molar-refractivity contribution in [3.8, 4) is 0 Å². The first kappa shape index (κ1) is 13.3. The van der Waals surface area contributed by atoms with E-state index in [-0.39, 0.29) is 5.41 Å². The highest BCUT2D eigenvalue weighted by molar-refractivity contribution is 5.90. The third-order valence-electron chi connectivity index (χ3n) is 4.10. The summed E-state index contributed by atoms with van der Waals surface area (Å²) in [4.78, 5) is 12.6. The van der Waals surface area contributed by atoms with E-state index in [1.807, 2.05) is 18.2 Å². The molecule has 18 heavy (non-hydrogen) atoms. The number of carbonyl (C=O) groups excluding carboxylic acids is 1. The van der Waals surface area contributed by atoms with Crippen molar-refractivity contribution in [2.75, 3.05) is 13.7 Å². The van der Waals surface area contributed by atoms with Gasteiger partial charge in [-0.25, -0.2) is 0 Å². The second-order valence-corrected chi connectivity index (χ2v) is 5.17. The Morgan fingerprint density at radius 1 is 1.17 bits per heavy atom. The molecule has 0 heterocycles. The Morgan fingerprint density at radius 2 is 1.83 bits per heavy atom. The van der Waals surface area contributed by atoms with Gasteiger partial charge in [0, 0.05) is 13.5 Å². The van der Waals surface area contributed by atoms with Gasteiger partial charge in [-0.3, -0.25) is 4.79 Å². The number of Topliss-reactive ketones (excluding diaryl/α,β-unsaturated/α-hetero) is 1. The predicted octanol–water partition coefficient (Wildman–Crippen LogP) is 3.49. The Morgan fingerprint density at radius 3 is 2.44 bits per heavy atom. The molecule has 0 radical (unpaired) electrons. The lowest BCUT2D eigenvalue weighted by atomic mass is 9.66. The van der Waals surface area contributed by atoms with Crippen molar-refractivity contribution in [3.63, 3.8) is 0 Å². The molecule has 0 atom stereocenters. The highest BCUT2D eigenvalue weighted by Crippen LogP contribution is 2.40. The standard InChI is InChI=1S/C16H22O2/c1-18-13-10-15(17)16(11-6-3-7-12-16)14-8-4-2-5-9-14/h2,4-5,8-9H,3,6-7,10-13H2,1H3. The molecule has 0 aromatic heterocycles. The summed E-state index contributed by atoms with van der Waals surface area (Å²) in [5, 5.41) is 0. The normalized spacial score (nSPS) is 18.5. The lowest BCUT2D eigenvalue weighted by Gasteiger charge is -2.36. The maximum Gasteiger partial charge on any atom is 0.145 e. The van der Waals surface area contributed by atoms with E-state index in [9.17, 15) is 4.79 Å². The molecule has 0 bridgehead atoms. The summed E-state index contributed by atoms with van der Waals surface area (Å²) in [5.41, 5.74) is 0.962. The zero-order chi connectivity index (χ0) is 12.8. The number of hydrogen-bond acceptors (Lipinski definition) is 2. The average molecular weight is 246 g/mol. The number of carbonyl (C=O) groups is 1. The van der Waals surface area contributed by atoms with Crippen LogP contribution in [0.5, 0.6) is 0 Å². The summed E-state index contributed by atoms with van der Waals surface area (Å²) in [6.45, 7) is 0.535. The molecule has 98 valence electrons. The van der Waals surface area contributed by atoms with Crippen LogP contribution in [0.25, 0.3) is 0 Å². The van der Waals surface area contributed by atoms with Gasteiger partial charge in [-0.05, 0) is 18.4 Å². The summed E-state index contributed by atoms with van der Waals surface area (Å²) >= 11 is 0. The fraction of sp³-hybridized carbons (Fsp3) is 0.562. The largest absolute Gasteiger partial charge is 0.384 e. The van der Waals surface area contributed by atoms with E-state index in [1.54, 1.807) is 7.11 Å².